The van der Waals surface area contributed by atoms with Crippen LogP contribution in [0.5, 0.6) is 5.75 Å². The molecule has 1 fully saturated rings. The molecule has 0 bridgehead atoms. The summed E-state index contributed by atoms with van der Waals surface area (Å²) < 4.78 is 11.9. The Bertz CT molecular complexity index is 1050. The molecular formula is C21H19BrN4O4. The van der Waals surface area contributed by atoms with Crippen LogP contribution in [0.15, 0.2) is 57.4 Å². The smallest absolute Gasteiger partial charge is 0.322 e. The Morgan fingerprint density at radius 3 is 2.63 bits per heavy atom. The van der Waals surface area contributed by atoms with E-state index in [-0.39, 0.29) is 30.2 Å². The van der Waals surface area contributed by atoms with E-state index in [1.165, 1.54) is 0 Å². The van der Waals surface area contributed by atoms with Crippen molar-refractivity contribution in [3.8, 4) is 5.75 Å². The number of anilines is 2. The van der Waals surface area contributed by atoms with Crippen molar-refractivity contribution in [3.63, 3.8) is 0 Å². The highest BCUT2D eigenvalue weighted by Crippen LogP contribution is 2.32. The summed E-state index contributed by atoms with van der Waals surface area (Å²) in [6.07, 6.45) is 0.259. The number of amides is 2. The number of carbonyl (C=O) groups excluding carboxylic acids is 2. The normalized spacial score (nSPS) is 16.0. The first kappa shape index (κ1) is 20.1. The first-order valence-electron chi connectivity index (χ1n) is 9.47. The number of nitrogens with zero attached hydrogens (tertiary/aromatic N) is 3. The Morgan fingerprint density at radius 2 is 1.93 bits per heavy atom. The van der Waals surface area contributed by atoms with Gasteiger partial charge in [-0.1, -0.05) is 21.0 Å². The Labute approximate surface area is 181 Å². The topological polar surface area (TPSA) is 97.6 Å². The molecule has 154 valence electrons. The molecule has 0 saturated carbocycles. The van der Waals surface area contributed by atoms with Gasteiger partial charge >= 0.3 is 6.01 Å². The Kier molecular flexibility index (Phi) is 5.80. The van der Waals surface area contributed by atoms with Crippen LogP contribution < -0.4 is 15.0 Å². The highest BCUT2D eigenvalue weighted by atomic mass is 79.9. The van der Waals surface area contributed by atoms with E-state index in [9.17, 15) is 9.59 Å². The van der Waals surface area contributed by atoms with Crippen molar-refractivity contribution in [2.24, 2.45) is 0 Å². The molecule has 1 aliphatic heterocycles. The Morgan fingerprint density at radius 1 is 1.20 bits per heavy atom. The fourth-order valence-corrected chi connectivity index (χ4v) is 3.50. The predicted molar refractivity (Wildman–Crippen MR) is 114 cm³/mol. The van der Waals surface area contributed by atoms with Crippen molar-refractivity contribution in [2.45, 2.75) is 19.3 Å². The SMILES string of the molecule is CCOc1ccc(N2C[C@H](c3nnc(NC(=O)c4ccc(Br)cc4)o3)CC2=O)cc1. The predicted octanol–water partition coefficient (Wildman–Crippen LogP) is 4.00. The molecule has 0 aliphatic carbocycles. The van der Waals surface area contributed by atoms with Crippen LogP contribution in [0.4, 0.5) is 11.7 Å². The lowest BCUT2D eigenvalue weighted by Crippen LogP contribution is -2.24. The van der Waals surface area contributed by atoms with Gasteiger partial charge in [0.1, 0.15) is 5.75 Å². The highest BCUT2D eigenvalue weighted by molar-refractivity contribution is 9.10. The van der Waals surface area contributed by atoms with Crippen molar-refractivity contribution in [3.05, 3.63) is 64.5 Å². The molecule has 2 heterocycles. The Hall–Kier alpha value is -3.20. The second-order valence-corrected chi connectivity index (χ2v) is 7.65. The maximum absolute atomic E-state index is 12.5. The van der Waals surface area contributed by atoms with Gasteiger partial charge in [-0.05, 0) is 55.5 Å². The average Bonchev–Trinajstić information content (AvgIpc) is 3.36. The lowest BCUT2D eigenvalue weighted by molar-refractivity contribution is -0.117. The van der Waals surface area contributed by atoms with Gasteiger partial charge in [-0.25, -0.2) is 0 Å². The second-order valence-electron chi connectivity index (χ2n) is 6.74. The molecule has 1 aromatic heterocycles. The summed E-state index contributed by atoms with van der Waals surface area (Å²) in [5.74, 6) is 0.462. The van der Waals surface area contributed by atoms with Gasteiger partial charge in [0.15, 0.2) is 0 Å². The molecule has 2 amide bonds. The summed E-state index contributed by atoms with van der Waals surface area (Å²) in [7, 11) is 0. The van der Waals surface area contributed by atoms with Crippen molar-refractivity contribution in [2.75, 3.05) is 23.4 Å². The maximum atomic E-state index is 12.5. The number of benzene rings is 2. The van der Waals surface area contributed by atoms with E-state index < -0.39 is 0 Å². The summed E-state index contributed by atoms with van der Waals surface area (Å²) in [6, 6.07) is 14.3. The van der Waals surface area contributed by atoms with Gasteiger partial charge < -0.3 is 14.1 Å². The van der Waals surface area contributed by atoms with E-state index in [1.54, 1.807) is 29.2 Å². The number of nitrogens with one attached hydrogen (secondary N) is 1. The minimum atomic E-state index is -0.351. The quantitative estimate of drug-likeness (QED) is 0.584. The van der Waals surface area contributed by atoms with E-state index in [0.29, 0.717) is 24.6 Å². The third kappa shape index (κ3) is 4.35. The van der Waals surface area contributed by atoms with Crippen LogP contribution in [0.3, 0.4) is 0 Å². The number of rotatable bonds is 6. The molecule has 0 spiro atoms. The summed E-state index contributed by atoms with van der Waals surface area (Å²) in [5.41, 5.74) is 1.25. The van der Waals surface area contributed by atoms with Gasteiger partial charge in [-0.2, -0.15) is 0 Å². The van der Waals surface area contributed by atoms with Crippen LogP contribution >= 0.6 is 15.9 Å². The van der Waals surface area contributed by atoms with E-state index in [2.05, 4.69) is 31.4 Å². The maximum Gasteiger partial charge on any atom is 0.322 e. The minimum absolute atomic E-state index is 0.00452. The van der Waals surface area contributed by atoms with Gasteiger partial charge in [0.25, 0.3) is 5.91 Å². The van der Waals surface area contributed by atoms with Crippen molar-refractivity contribution in [1.29, 1.82) is 0 Å². The zero-order valence-electron chi connectivity index (χ0n) is 16.2. The number of hydrogen-bond acceptors (Lipinski definition) is 6. The number of aromatic nitrogens is 2. The fourth-order valence-electron chi connectivity index (χ4n) is 3.23. The third-order valence-electron chi connectivity index (χ3n) is 4.70. The first-order chi connectivity index (χ1) is 14.5. The van der Waals surface area contributed by atoms with Gasteiger partial charge in [0.05, 0.1) is 12.5 Å². The molecule has 2 aromatic carbocycles. The fraction of sp³-hybridized carbons (Fsp3) is 0.238. The molecule has 9 heteroatoms. The van der Waals surface area contributed by atoms with E-state index in [1.807, 2.05) is 31.2 Å². The lowest BCUT2D eigenvalue weighted by atomic mass is 10.1. The van der Waals surface area contributed by atoms with Gasteiger partial charge in [0, 0.05) is 28.7 Å². The molecule has 30 heavy (non-hydrogen) atoms. The van der Waals surface area contributed by atoms with Crippen LogP contribution in [0.1, 0.15) is 35.5 Å². The van der Waals surface area contributed by atoms with Crippen LogP contribution in [-0.2, 0) is 4.79 Å². The van der Waals surface area contributed by atoms with Crippen molar-refractivity contribution in [1.82, 2.24) is 10.2 Å². The minimum Gasteiger partial charge on any atom is -0.494 e. The van der Waals surface area contributed by atoms with Gasteiger partial charge in [0.2, 0.25) is 11.8 Å². The number of hydrogen-bond donors (Lipinski definition) is 1. The molecule has 1 N–H and O–H groups in total. The van der Waals surface area contributed by atoms with Crippen LogP contribution in [0.2, 0.25) is 0 Å². The highest BCUT2D eigenvalue weighted by Gasteiger charge is 2.35. The van der Waals surface area contributed by atoms with E-state index >= 15 is 0 Å². The lowest BCUT2D eigenvalue weighted by Gasteiger charge is -2.16. The average molecular weight is 471 g/mol. The van der Waals surface area contributed by atoms with Crippen LogP contribution in [0.25, 0.3) is 0 Å². The third-order valence-corrected chi connectivity index (χ3v) is 5.23. The van der Waals surface area contributed by atoms with Crippen LogP contribution in [-0.4, -0.2) is 35.2 Å². The Balaban J connectivity index is 1.41. The molecular weight excluding hydrogens is 452 g/mol. The summed E-state index contributed by atoms with van der Waals surface area (Å²) in [5, 5.41) is 10.5. The molecule has 4 rings (SSSR count). The first-order valence-corrected chi connectivity index (χ1v) is 10.3. The number of halogens is 1. The van der Waals surface area contributed by atoms with Gasteiger partial charge in [-0.3, -0.25) is 14.9 Å². The van der Waals surface area contributed by atoms with E-state index in [4.69, 9.17) is 9.15 Å². The number of ether oxygens (including phenoxy) is 1. The zero-order chi connectivity index (χ0) is 21.1. The standard InChI is InChI=1S/C21H19BrN4O4/c1-2-29-17-9-7-16(8-10-17)26-12-14(11-18(26)27)20-24-25-21(30-20)23-19(28)13-3-5-15(22)6-4-13/h3-10,14H,2,11-12H2,1H3,(H,23,25,28)/t14-/m1/s1. The molecule has 0 unspecified atom stereocenters. The molecule has 1 atom stereocenters. The largest absolute Gasteiger partial charge is 0.494 e. The summed E-state index contributed by atoms with van der Waals surface area (Å²) >= 11 is 3.33. The van der Waals surface area contributed by atoms with Crippen molar-refractivity contribution < 1.29 is 18.7 Å². The zero-order valence-corrected chi connectivity index (χ0v) is 17.8. The molecule has 3 aromatic rings. The molecule has 1 aliphatic rings. The summed E-state index contributed by atoms with van der Waals surface area (Å²) in [6.45, 7) is 2.93. The van der Waals surface area contributed by atoms with Gasteiger partial charge in [-0.15, -0.1) is 5.10 Å². The second kappa shape index (κ2) is 8.66. The molecule has 1 saturated heterocycles. The monoisotopic (exact) mass is 470 g/mol. The van der Waals surface area contributed by atoms with Crippen LogP contribution in [0, 0.1) is 0 Å². The van der Waals surface area contributed by atoms with Crippen molar-refractivity contribution >= 4 is 39.4 Å². The molecule has 0 radical (unpaired) electrons. The van der Waals surface area contributed by atoms with E-state index in [0.717, 1.165) is 15.9 Å². The number of carbonyl (C=O) groups is 2. The summed E-state index contributed by atoms with van der Waals surface area (Å²) in [4.78, 5) is 26.5. The molecule has 8 nitrogen and oxygen atoms in total.